The van der Waals surface area contributed by atoms with Crippen LogP contribution < -0.4 is 9.80 Å². The number of hydrogen-bond acceptors (Lipinski definition) is 5. The highest BCUT2D eigenvalue weighted by molar-refractivity contribution is 5.94. The van der Waals surface area contributed by atoms with Gasteiger partial charge in [0.25, 0.3) is 0 Å². The molecule has 1 fully saturated rings. The number of benzene rings is 1. The van der Waals surface area contributed by atoms with Gasteiger partial charge in [-0.1, -0.05) is 18.2 Å². The molecular weight excluding hydrogens is 314 g/mol. The molecule has 25 heavy (non-hydrogen) atoms. The van der Waals surface area contributed by atoms with Crippen LogP contribution >= 0.6 is 0 Å². The van der Waals surface area contributed by atoms with E-state index in [1.54, 1.807) is 18.3 Å². The molecular formula is C20H25N3O2. The molecule has 1 aliphatic heterocycles. The molecule has 0 unspecified atom stereocenters. The number of esters is 1. The van der Waals surface area contributed by atoms with Crippen LogP contribution in [0.15, 0.2) is 42.6 Å². The van der Waals surface area contributed by atoms with Crippen LogP contribution in [0.5, 0.6) is 0 Å². The van der Waals surface area contributed by atoms with Crippen molar-refractivity contribution >= 4 is 17.5 Å². The SMILES string of the molecule is COC(=O)c1cccnc1N(C)Cc1ccccc1N1CCCCC1. The zero-order chi connectivity index (χ0) is 17.6. The number of rotatable bonds is 5. The van der Waals surface area contributed by atoms with Crippen LogP contribution in [-0.4, -0.2) is 38.2 Å². The number of pyridine rings is 1. The van der Waals surface area contributed by atoms with Gasteiger partial charge in [0, 0.05) is 38.6 Å². The molecule has 3 rings (SSSR count). The molecule has 5 nitrogen and oxygen atoms in total. The van der Waals surface area contributed by atoms with E-state index in [9.17, 15) is 4.79 Å². The van der Waals surface area contributed by atoms with E-state index in [2.05, 4.69) is 34.1 Å². The zero-order valence-corrected chi connectivity index (χ0v) is 14.9. The van der Waals surface area contributed by atoms with Crippen molar-refractivity contribution in [2.45, 2.75) is 25.8 Å². The highest BCUT2D eigenvalue weighted by Crippen LogP contribution is 2.27. The molecule has 1 aliphatic rings. The Balaban J connectivity index is 1.85. The molecule has 1 saturated heterocycles. The summed E-state index contributed by atoms with van der Waals surface area (Å²) in [5.74, 6) is 0.280. The third-order valence-electron chi connectivity index (χ3n) is 4.65. The summed E-state index contributed by atoms with van der Waals surface area (Å²) in [7, 11) is 3.35. The standard InChI is InChI=1S/C20H25N3O2/c1-22(19-17(20(24)25-2)10-8-12-21-19)15-16-9-4-5-11-18(16)23-13-6-3-7-14-23/h4-5,8-12H,3,6-7,13-15H2,1-2H3. The van der Waals surface area contributed by atoms with Gasteiger partial charge in [-0.05, 0) is 43.0 Å². The van der Waals surface area contributed by atoms with Gasteiger partial charge in [-0.15, -0.1) is 0 Å². The molecule has 0 radical (unpaired) electrons. The van der Waals surface area contributed by atoms with Crippen LogP contribution in [0.25, 0.3) is 0 Å². The first-order valence-electron chi connectivity index (χ1n) is 8.78. The van der Waals surface area contributed by atoms with E-state index in [1.807, 2.05) is 11.9 Å². The highest BCUT2D eigenvalue weighted by Gasteiger charge is 2.19. The maximum Gasteiger partial charge on any atom is 0.341 e. The monoisotopic (exact) mass is 339 g/mol. The number of para-hydroxylation sites is 1. The van der Waals surface area contributed by atoms with Gasteiger partial charge in [-0.2, -0.15) is 0 Å². The molecule has 132 valence electrons. The Kier molecular flexibility index (Phi) is 5.53. The summed E-state index contributed by atoms with van der Waals surface area (Å²) >= 11 is 0. The lowest BCUT2D eigenvalue weighted by Crippen LogP contribution is -2.31. The van der Waals surface area contributed by atoms with Gasteiger partial charge in [-0.25, -0.2) is 9.78 Å². The van der Waals surface area contributed by atoms with E-state index < -0.39 is 0 Å². The number of ether oxygens (including phenoxy) is 1. The molecule has 5 heteroatoms. The molecule has 2 aromatic rings. The molecule has 0 atom stereocenters. The molecule has 0 spiro atoms. The van der Waals surface area contributed by atoms with Crippen LogP contribution in [0, 0.1) is 0 Å². The zero-order valence-electron chi connectivity index (χ0n) is 14.9. The Morgan fingerprint density at radius 3 is 2.68 bits per heavy atom. The van der Waals surface area contributed by atoms with Gasteiger partial charge in [0.1, 0.15) is 11.4 Å². The second-order valence-electron chi connectivity index (χ2n) is 6.40. The summed E-state index contributed by atoms with van der Waals surface area (Å²) in [6, 6.07) is 12.0. The average Bonchev–Trinajstić information content (AvgIpc) is 2.68. The number of methoxy groups -OCH3 is 1. The summed E-state index contributed by atoms with van der Waals surface area (Å²) in [5.41, 5.74) is 3.01. The normalized spacial score (nSPS) is 14.2. The largest absolute Gasteiger partial charge is 0.465 e. The predicted octanol–water partition coefficient (Wildman–Crippen LogP) is 3.49. The minimum Gasteiger partial charge on any atom is -0.465 e. The minimum absolute atomic E-state index is 0.362. The predicted molar refractivity (Wildman–Crippen MR) is 100 cm³/mol. The number of aromatic nitrogens is 1. The van der Waals surface area contributed by atoms with E-state index >= 15 is 0 Å². The van der Waals surface area contributed by atoms with Crippen LogP contribution in [-0.2, 0) is 11.3 Å². The van der Waals surface area contributed by atoms with Crippen molar-refractivity contribution in [3.05, 3.63) is 53.7 Å². The first kappa shape index (κ1) is 17.3. The summed E-state index contributed by atoms with van der Waals surface area (Å²) in [6.07, 6.45) is 5.51. The Labute approximate surface area is 149 Å². The summed E-state index contributed by atoms with van der Waals surface area (Å²) in [4.78, 5) is 20.9. The number of piperidine rings is 1. The van der Waals surface area contributed by atoms with Crippen LogP contribution in [0.1, 0.15) is 35.2 Å². The Morgan fingerprint density at radius 1 is 1.16 bits per heavy atom. The van der Waals surface area contributed by atoms with Gasteiger partial charge in [0.05, 0.1) is 7.11 Å². The number of anilines is 2. The van der Waals surface area contributed by atoms with E-state index in [-0.39, 0.29) is 5.97 Å². The van der Waals surface area contributed by atoms with E-state index in [1.165, 1.54) is 37.6 Å². The average molecular weight is 339 g/mol. The molecule has 1 aromatic heterocycles. The Hall–Kier alpha value is -2.56. The fourth-order valence-corrected chi connectivity index (χ4v) is 3.39. The molecule has 0 aliphatic carbocycles. The molecule has 0 N–H and O–H groups in total. The van der Waals surface area contributed by atoms with Gasteiger partial charge < -0.3 is 14.5 Å². The number of carbonyl (C=O) groups is 1. The second-order valence-corrected chi connectivity index (χ2v) is 6.40. The van der Waals surface area contributed by atoms with E-state index in [0.717, 1.165) is 13.1 Å². The van der Waals surface area contributed by atoms with Crippen molar-refractivity contribution in [2.24, 2.45) is 0 Å². The number of carbonyl (C=O) groups excluding carboxylic acids is 1. The van der Waals surface area contributed by atoms with Gasteiger partial charge in [0.2, 0.25) is 0 Å². The third-order valence-corrected chi connectivity index (χ3v) is 4.65. The molecule has 0 saturated carbocycles. The van der Waals surface area contributed by atoms with Crippen molar-refractivity contribution in [2.75, 3.05) is 37.0 Å². The lowest BCUT2D eigenvalue weighted by Gasteiger charge is -2.31. The van der Waals surface area contributed by atoms with Gasteiger partial charge in [0.15, 0.2) is 0 Å². The van der Waals surface area contributed by atoms with Crippen LogP contribution in [0.3, 0.4) is 0 Å². The fourth-order valence-electron chi connectivity index (χ4n) is 3.39. The van der Waals surface area contributed by atoms with Crippen molar-refractivity contribution in [1.82, 2.24) is 4.98 Å². The molecule has 0 bridgehead atoms. The van der Waals surface area contributed by atoms with Crippen LogP contribution in [0.2, 0.25) is 0 Å². The highest BCUT2D eigenvalue weighted by atomic mass is 16.5. The Bertz CT molecular complexity index is 726. The Morgan fingerprint density at radius 2 is 1.92 bits per heavy atom. The second kappa shape index (κ2) is 8.01. The van der Waals surface area contributed by atoms with Crippen molar-refractivity contribution < 1.29 is 9.53 Å². The number of hydrogen-bond donors (Lipinski definition) is 0. The van der Waals surface area contributed by atoms with Crippen LogP contribution in [0.4, 0.5) is 11.5 Å². The topological polar surface area (TPSA) is 45.7 Å². The first-order valence-corrected chi connectivity index (χ1v) is 8.78. The van der Waals surface area contributed by atoms with Crippen molar-refractivity contribution in [1.29, 1.82) is 0 Å². The number of nitrogens with zero attached hydrogens (tertiary/aromatic N) is 3. The molecule has 2 heterocycles. The maximum absolute atomic E-state index is 12.0. The lowest BCUT2D eigenvalue weighted by atomic mass is 10.1. The summed E-state index contributed by atoms with van der Waals surface area (Å²) < 4.78 is 4.88. The maximum atomic E-state index is 12.0. The first-order chi connectivity index (χ1) is 12.2. The van der Waals surface area contributed by atoms with Crippen molar-refractivity contribution in [3.63, 3.8) is 0 Å². The molecule has 1 aromatic carbocycles. The third kappa shape index (κ3) is 3.92. The van der Waals surface area contributed by atoms with Gasteiger partial charge in [-0.3, -0.25) is 0 Å². The minimum atomic E-state index is -0.362. The van der Waals surface area contributed by atoms with E-state index in [4.69, 9.17) is 4.74 Å². The molecule has 0 amide bonds. The summed E-state index contributed by atoms with van der Waals surface area (Å²) in [6.45, 7) is 2.91. The quantitative estimate of drug-likeness (QED) is 0.780. The van der Waals surface area contributed by atoms with Crippen molar-refractivity contribution in [3.8, 4) is 0 Å². The fraction of sp³-hybridized carbons (Fsp3) is 0.400. The van der Waals surface area contributed by atoms with Gasteiger partial charge >= 0.3 is 5.97 Å². The van der Waals surface area contributed by atoms with E-state index in [0.29, 0.717) is 17.9 Å². The lowest BCUT2D eigenvalue weighted by molar-refractivity contribution is 0.0601. The smallest absolute Gasteiger partial charge is 0.341 e. The summed E-state index contributed by atoms with van der Waals surface area (Å²) in [5, 5.41) is 0.